The van der Waals surface area contributed by atoms with Crippen molar-refractivity contribution in [2.24, 2.45) is 11.8 Å². The molecular formula is C15H24O3. The molecule has 1 aliphatic carbocycles. The molecule has 0 N–H and O–H groups in total. The van der Waals surface area contributed by atoms with Crippen molar-refractivity contribution in [1.29, 1.82) is 0 Å². The molecule has 0 heterocycles. The Hall–Kier alpha value is -1.12. The van der Waals surface area contributed by atoms with Crippen LogP contribution in [0.15, 0.2) is 12.2 Å². The molecule has 1 saturated carbocycles. The minimum atomic E-state index is -0.435. The second kappa shape index (κ2) is 5.68. The van der Waals surface area contributed by atoms with Crippen LogP contribution < -0.4 is 0 Å². The molecule has 3 heteroatoms. The van der Waals surface area contributed by atoms with Crippen LogP contribution in [0, 0.1) is 11.8 Å². The van der Waals surface area contributed by atoms with Crippen LogP contribution >= 0.6 is 0 Å². The number of Topliss-reactive ketones (excluding diaryl/α,β-unsaturated/α-hetero) is 1. The Morgan fingerprint density at radius 3 is 2.17 bits per heavy atom. The van der Waals surface area contributed by atoms with E-state index in [1.165, 1.54) is 0 Å². The van der Waals surface area contributed by atoms with E-state index in [9.17, 15) is 9.59 Å². The van der Waals surface area contributed by atoms with Gasteiger partial charge in [0.2, 0.25) is 0 Å². The largest absolute Gasteiger partial charge is 0.460 e. The third-order valence-corrected chi connectivity index (χ3v) is 3.28. The van der Waals surface area contributed by atoms with Gasteiger partial charge < -0.3 is 9.53 Å². The lowest BCUT2D eigenvalue weighted by atomic mass is 9.93. The summed E-state index contributed by atoms with van der Waals surface area (Å²) in [7, 11) is 0. The van der Waals surface area contributed by atoms with Gasteiger partial charge in [0, 0.05) is 6.42 Å². The van der Waals surface area contributed by atoms with Gasteiger partial charge in [0.05, 0.1) is 6.42 Å². The van der Waals surface area contributed by atoms with Gasteiger partial charge in [-0.2, -0.15) is 0 Å². The van der Waals surface area contributed by atoms with Crippen LogP contribution in [-0.2, 0) is 14.3 Å². The van der Waals surface area contributed by atoms with Gasteiger partial charge in [-0.3, -0.25) is 4.79 Å². The van der Waals surface area contributed by atoms with Crippen molar-refractivity contribution in [3.8, 4) is 0 Å². The highest BCUT2D eigenvalue weighted by Gasteiger charge is 2.32. The number of hydrogen-bond acceptors (Lipinski definition) is 3. The van der Waals surface area contributed by atoms with E-state index in [1.807, 2.05) is 20.8 Å². The molecule has 1 aliphatic rings. The average Bonchev–Trinajstić information content (AvgIpc) is 2.46. The molecule has 0 spiro atoms. The van der Waals surface area contributed by atoms with Crippen molar-refractivity contribution in [2.45, 2.75) is 59.0 Å². The minimum Gasteiger partial charge on any atom is -0.460 e. The summed E-state index contributed by atoms with van der Waals surface area (Å²) in [6.45, 7) is 11.3. The van der Waals surface area contributed by atoms with Gasteiger partial charge >= 0.3 is 5.97 Å². The Labute approximate surface area is 110 Å². The molecule has 0 radical (unpaired) electrons. The number of rotatable bonds is 4. The van der Waals surface area contributed by atoms with Crippen LogP contribution in [0.1, 0.15) is 53.4 Å². The lowest BCUT2D eigenvalue weighted by Gasteiger charge is -2.21. The van der Waals surface area contributed by atoms with E-state index in [-0.39, 0.29) is 23.6 Å². The Morgan fingerprint density at radius 1 is 1.22 bits per heavy atom. The summed E-state index contributed by atoms with van der Waals surface area (Å²) >= 11 is 0. The summed E-state index contributed by atoms with van der Waals surface area (Å²) in [6, 6.07) is 0. The molecule has 2 unspecified atom stereocenters. The van der Waals surface area contributed by atoms with Crippen molar-refractivity contribution in [2.75, 3.05) is 0 Å². The summed E-state index contributed by atoms with van der Waals surface area (Å²) < 4.78 is 5.32. The topological polar surface area (TPSA) is 43.4 Å². The Kier molecular flexibility index (Phi) is 4.71. The quantitative estimate of drug-likeness (QED) is 0.569. The summed E-state index contributed by atoms with van der Waals surface area (Å²) in [5.74, 6) is 0.468. The fourth-order valence-electron chi connectivity index (χ4n) is 2.50. The number of ketones is 1. The molecule has 1 fully saturated rings. The first-order valence-corrected chi connectivity index (χ1v) is 6.59. The highest BCUT2D eigenvalue weighted by Crippen LogP contribution is 2.39. The standard InChI is InChI=1S/C15H24O3/c1-10(16)8-12-6-7-13(11(12)2)9-14(17)18-15(3,4)5/h12-13H,2,6-9H2,1,3-5H3. The number of carbonyl (C=O) groups is 2. The summed E-state index contributed by atoms with van der Waals surface area (Å²) in [6.07, 6.45) is 2.86. The Balaban J connectivity index is 2.48. The highest BCUT2D eigenvalue weighted by molar-refractivity contribution is 5.76. The fourth-order valence-corrected chi connectivity index (χ4v) is 2.50. The molecule has 3 nitrogen and oxygen atoms in total. The smallest absolute Gasteiger partial charge is 0.306 e. The molecule has 0 bridgehead atoms. The van der Waals surface area contributed by atoms with Crippen molar-refractivity contribution < 1.29 is 14.3 Å². The van der Waals surface area contributed by atoms with Crippen LogP contribution in [0.5, 0.6) is 0 Å². The molecule has 0 aromatic carbocycles. The third kappa shape index (κ3) is 4.63. The molecule has 0 aliphatic heterocycles. The van der Waals surface area contributed by atoms with Crippen molar-refractivity contribution >= 4 is 11.8 Å². The highest BCUT2D eigenvalue weighted by atomic mass is 16.6. The maximum atomic E-state index is 11.8. The van der Waals surface area contributed by atoms with Crippen molar-refractivity contribution in [1.82, 2.24) is 0 Å². The van der Waals surface area contributed by atoms with Crippen molar-refractivity contribution in [3.05, 3.63) is 12.2 Å². The molecule has 2 atom stereocenters. The van der Waals surface area contributed by atoms with E-state index >= 15 is 0 Å². The summed E-state index contributed by atoms with van der Waals surface area (Å²) in [5, 5.41) is 0. The number of hydrogen-bond donors (Lipinski definition) is 0. The molecule has 102 valence electrons. The van der Waals surface area contributed by atoms with Gasteiger partial charge in [-0.05, 0) is 52.4 Å². The second-order valence-corrected chi connectivity index (χ2v) is 6.24. The van der Waals surface area contributed by atoms with Gasteiger partial charge in [-0.15, -0.1) is 0 Å². The number of ether oxygens (including phenoxy) is 1. The average molecular weight is 252 g/mol. The van der Waals surface area contributed by atoms with Crippen LogP contribution in [0.2, 0.25) is 0 Å². The fraction of sp³-hybridized carbons (Fsp3) is 0.733. The Morgan fingerprint density at radius 2 is 1.72 bits per heavy atom. The molecule has 18 heavy (non-hydrogen) atoms. The van der Waals surface area contributed by atoms with Gasteiger partial charge in [0.25, 0.3) is 0 Å². The first-order valence-electron chi connectivity index (χ1n) is 6.59. The first-order chi connectivity index (χ1) is 8.19. The predicted molar refractivity (Wildman–Crippen MR) is 71.1 cm³/mol. The molecule has 0 amide bonds. The SMILES string of the molecule is C=C1C(CC(C)=O)CCC1CC(=O)OC(C)(C)C. The predicted octanol–water partition coefficient (Wildman–Crippen LogP) is 3.28. The number of carbonyl (C=O) groups excluding carboxylic acids is 2. The third-order valence-electron chi connectivity index (χ3n) is 3.28. The van der Waals surface area contributed by atoms with Gasteiger partial charge in [0.15, 0.2) is 0 Å². The van der Waals surface area contributed by atoms with E-state index in [0.717, 1.165) is 18.4 Å². The Bertz CT molecular complexity index is 349. The second-order valence-electron chi connectivity index (χ2n) is 6.24. The zero-order valence-corrected chi connectivity index (χ0v) is 11.9. The maximum Gasteiger partial charge on any atom is 0.306 e. The van der Waals surface area contributed by atoms with E-state index in [2.05, 4.69) is 6.58 Å². The van der Waals surface area contributed by atoms with Gasteiger partial charge in [-0.1, -0.05) is 12.2 Å². The van der Waals surface area contributed by atoms with Crippen LogP contribution in [-0.4, -0.2) is 17.4 Å². The van der Waals surface area contributed by atoms with Crippen molar-refractivity contribution in [3.63, 3.8) is 0 Å². The van der Waals surface area contributed by atoms with E-state index in [0.29, 0.717) is 12.8 Å². The molecule has 0 saturated heterocycles. The minimum absolute atomic E-state index is 0.169. The number of allylic oxidation sites excluding steroid dienone is 1. The maximum absolute atomic E-state index is 11.8. The van der Waals surface area contributed by atoms with Crippen LogP contribution in [0.3, 0.4) is 0 Å². The molecule has 1 rings (SSSR count). The van der Waals surface area contributed by atoms with Gasteiger partial charge in [0.1, 0.15) is 11.4 Å². The normalized spacial score (nSPS) is 24.1. The molecule has 0 aromatic rings. The summed E-state index contributed by atoms with van der Waals surface area (Å²) in [5.41, 5.74) is 0.617. The summed E-state index contributed by atoms with van der Waals surface area (Å²) in [4.78, 5) is 22.9. The number of esters is 1. The van der Waals surface area contributed by atoms with E-state index in [1.54, 1.807) is 6.92 Å². The molecular weight excluding hydrogens is 228 g/mol. The van der Waals surface area contributed by atoms with Crippen LogP contribution in [0.25, 0.3) is 0 Å². The first kappa shape index (κ1) is 14.9. The zero-order valence-electron chi connectivity index (χ0n) is 11.9. The van der Waals surface area contributed by atoms with Gasteiger partial charge in [-0.25, -0.2) is 0 Å². The lowest BCUT2D eigenvalue weighted by Crippen LogP contribution is -2.25. The van der Waals surface area contributed by atoms with E-state index < -0.39 is 5.60 Å². The van der Waals surface area contributed by atoms with E-state index in [4.69, 9.17) is 4.74 Å². The van der Waals surface area contributed by atoms with Crippen LogP contribution in [0.4, 0.5) is 0 Å². The monoisotopic (exact) mass is 252 g/mol. The zero-order chi connectivity index (χ0) is 13.9. The molecule has 0 aromatic heterocycles. The lowest BCUT2D eigenvalue weighted by molar-refractivity contribution is -0.155.